The second-order valence-electron chi connectivity index (χ2n) is 3.75. The molecule has 1 aromatic heterocycles. The summed E-state index contributed by atoms with van der Waals surface area (Å²) in [5, 5.41) is 0. The minimum Gasteiger partial charge on any atom is -0.329 e. The zero-order valence-electron chi connectivity index (χ0n) is 9.30. The van der Waals surface area contributed by atoms with E-state index in [4.69, 9.17) is 12.2 Å². The SMILES string of the molecule is C=CCn1c(=S)[nH]c2c(S(C)(=O)=O)cccc21. The van der Waals surface area contributed by atoms with Crippen molar-refractivity contribution in [3.05, 3.63) is 35.6 Å². The highest BCUT2D eigenvalue weighted by Gasteiger charge is 2.14. The maximum absolute atomic E-state index is 11.6. The van der Waals surface area contributed by atoms with Gasteiger partial charge in [0.15, 0.2) is 14.6 Å². The zero-order valence-corrected chi connectivity index (χ0v) is 10.9. The van der Waals surface area contributed by atoms with Gasteiger partial charge in [-0.05, 0) is 24.4 Å². The summed E-state index contributed by atoms with van der Waals surface area (Å²) in [6, 6.07) is 5.11. The van der Waals surface area contributed by atoms with Gasteiger partial charge in [-0.1, -0.05) is 12.1 Å². The molecule has 0 radical (unpaired) electrons. The Morgan fingerprint density at radius 2 is 2.24 bits per heavy atom. The van der Waals surface area contributed by atoms with Crippen LogP contribution in [0.25, 0.3) is 11.0 Å². The van der Waals surface area contributed by atoms with Crippen LogP contribution in [0.5, 0.6) is 0 Å². The van der Waals surface area contributed by atoms with Crippen molar-refractivity contribution in [1.82, 2.24) is 9.55 Å². The van der Waals surface area contributed by atoms with Crippen molar-refractivity contribution in [2.45, 2.75) is 11.4 Å². The molecule has 0 unspecified atom stereocenters. The van der Waals surface area contributed by atoms with Crippen molar-refractivity contribution in [3.63, 3.8) is 0 Å². The summed E-state index contributed by atoms with van der Waals surface area (Å²) >= 11 is 5.17. The number of nitrogens with zero attached hydrogens (tertiary/aromatic N) is 1. The van der Waals surface area contributed by atoms with Crippen LogP contribution in [0.2, 0.25) is 0 Å². The third-order valence-electron chi connectivity index (χ3n) is 2.48. The van der Waals surface area contributed by atoms with Crippen LogP contribution in [0.3, 0.4) is 0 Å². The highest BCUT2D eigenvalue weighted by Crippen LogP contribution is 2.22. The fourth-order valence-corrected chi connectivity index (χ4v) is 2.90. The smallest absolute Gasteiger partial charge is 0.178 e. The van der Waals surface area contributed by atoms with E-state index in [9.17, 15) is 8.42 Å². The number of fused-ring (bicyclic) bond motifs is 1. The van der Waals surface area contributed by atoms with Gasteiger partial charge in [-0.3, -0.25) is 0 Å². The van der Waals surface area contributed by atoms with E-state index in [0.717, 1.165) is 5.52 Å². The molecule has 1 aromatic carbocycles. The van der Waals surface area contributed by atoms with Gasteiger partial charge < -0.3 is 9.55 Å². The number of rotatable bonds is 3. The summed E-state index contributed by atoms with van der Waals surface area (Å²) in [7, 11) is -3.26. The number of sulfone groups is 1. The number of aromatic amines is 1. The molecule has 0 fully saturated rings. The summed E-state index contributed by atoms with van der Waals surface area (Å²) in [6.07, 6.45) is 2.90. The fourth-order valence-electron chi connectivity index (χ4n) is 1.77. The molecule has 1 N–H and O–H groups in total. The first-order valence-electron chi connectivity index (χ1n) is 4.97. The number of hydrogen-bond donors (Lipinski definition) is 1. The Hall–Kier alpha value is -1.40. The van der Waals surface area contributed by atoms with Gasteiger partial charge in [-0.2, -0.15) is 0 Å². The molecule has 0 amide bonds. The lowest BCUT2D eigenvalue weighted by Gasteiger charge is -2.02. The molecule has 0 saturated carbocycles. The molecule has 90 valence electrons. The summed E-state index contributed by atoms with van der Waals surface area (Å²) < 4.78 is 25.6. The van der Waals surface area contributed by atoms with Crippen LogP contribution in [-0.4, -0.2) is 24.2 Å². The fraction of sp³-hybridized carbons (Fsp3) is 0.182. The van der Waals surface area contributed by atoms with Gasteiger partial charge in [0, 0.05) is 12.8 Å². The number of H-pyrrole nitrogens is 1. The van der Waals surface area contributed by atoms with E-state index in [1.807, 2.05) is 10.6 Å². The number of para-hydroxylation sites is 1. The van der Waals surface area contributed by atoms with Gasteiger partial charge in [-0.15, -0.1) is 6.58 Å². The summed E-state index contributed by atoms with van der Waals surface area (Å²) in [4.78, 5) is 3.21. The standard InChI is InChI=1S/C11H12N2O2S2/c1-3-7-13-8-5-4-6-9(17(2,14)15)10(8)12-11(13)16/h3-6H,1,7H2,2H3,(H,12,16). The lowest BCUT2D eigenvalue weighted by atomic mass is 10.3. The van der Waals surface area contributed by atoms with Crippen LogP contribution >= 0.6 is 12.2 Å². The van der Waals surface area contributed by atoms with E-state index >= 15 is 0 Å². The maximum Gasteiger partial charge on any atom is 0.178 e. The summed E-state index contributed by atoms with van der Waals surface area (Å²) in [5.41, 5.74) is 1.33. The van der Waals surface area contributed by atoms with E-state index < -0.39 is 9.84 Å². The molecule has 1 heterocycles. The molecule has 0 aliphatic carbocycles. The predicted molar refractivity (Wildman–Crippen MR) is 70.4 cm³/mol. The van der Waals surface area contributed by atoms with Crippen molar-refractivity contribution in [2.24, 2.45) is 0 Å². The highest BCUT2D eigenvalue weighted by molar-refractivity contribution is 7.91. The average molecular weight is 268 g/mol. The second kappa shape index (κ2) is 4.12. The van der Waals surface area contributed by atoms with Crippen molar-refractivity contribution in [2.75, 3.05) is 6.26 Å². The summed E-state index contributed by atoms with van der Waals surface area (Å²) in [6.45, 7) is 4.20. The largest absolute Gasteiger partial charge is 0.329 e. The van der Waals surface area contributed by atoms with Crippen molar-refractivity contribution in [3.8, 4) is 0 Å². The van der Waals surface area contributed by atoms with Crippen LogP contribution in [0.15, 0.2) is 35.7 Å². The molecule has 4 nitrogen and oxygen atoms in total. The van der Waals surface area contributed by atoms with E-state index in [0.29, 0.717) is 16.8 Å². The first-order chi connectivity index (χ1) is 7.95. The second-order valence-corrected chi connectivity index (χ2v) is 6.12. The number of benzene rings is 1. The van der Waals surface area contributed by atoms with Crippen LogP contribution in [0.1, 0.15) is 0 Å². The Balaban J connectivity index is 2.90. The molecule has 0 bridgehead atoms. The minimum atomic E-state index is -3.26. The Kier molecular flexibility index (Phi) is 2.92. The first-order valence-corrected chi connectivity index (χ1v) is 7.27. The predicted octanol–water partition coefficient (Wildman–Crippen LogP) is 2.29. The molecule has 0 saturated heterocycles. The Labute approximate surface area is 105 Å². The number of imidazole rings is 1. The molecule has 2 aromatic rings. The van der Waals surface area contributed by atoms with E-state index in [1.54, 1.807) is 18.2 Å². The lowest BCUT2D eigenvalue weighted by molar-refractivity contribution is 0.602. The topological polar surface area (TPSA) is 54.9 Å². The Bertz CT molecular complexity index is 738. The van der Waals surface area contributed by atoms with Crippen molar-refractivity contribution in [1.29, 1.82) is 0 Å². The minimum absolute atomic E-state index is 0.268. The van der Waals surface area contributed by atoms with E-state index in [-0.39, 0.29) is 4.90 Å². The van der Waals surface area contributed by atoms with E-state index in [1.165, 1.54) is 6.26 Å². The molecule has 0 atom stereocenters. The molecule has 17 heavy (non-hydrogen) atoms. The van der Waals surface area contributed by atoms with Gasteiger partial charge in [0.2, 0.25) is 0 Å². The van der Waals surface area contributed by atoms with Crippen LogP contribution < -0.4 is 0 Å². The van der Waals surface area contributed by atoms with Gasteiger partial charge in [0.05, 0.1) is 15.9 Å². The molecular formula is C11H12N2O2S2. The molecule has 0 aliphatic rings. The van der Waals surface area contributed by atoms with Crippen LogP contribution in [-0.2, 0) is 16.4 Å². The molecule has 0 spiro atoms. The number of hydrogen-bond acceptors (Lipinski definition) is 3. The third-order valence-corrected chi connectivity index (χ3v) is 3.94. The maximum atomic E-state index is 11.6. The van der Waals surface area contributed by atoms with Gasteiger partial charge in [0.25, 0.3) is 0 Å². The monoisotopic (exact) mass is 268 g/mol. The molecule has 0 aliphatic heterocycles. The number of nitrogens with one attached hydrogen (secondary N) is 1. The Morgan fingerprint density at radius 1 is 1.53 bits per heavy atom. The molecule has 2 rings (SSSR count). The third kappa shape index (κ3) is 2.05. The average Bonchev–Trinajstić information content (AvgIpc) is 2.54. The number of allylic oxidation sites excluding steroid dienone is 1. The Morgan fingerprint density at radius 3 is 2.82 bits per heavy atom. The summed E-state index contributed by atoms with van der Waals surface area (Å²) in [5.74, 6) is 0. The van der Waals surface area contributed by atoms with Crippen molar-refractivity contribution < 1.29 is 8.42 Å². The normalized spacial score (nSPS) is 11.8. The highest BCUT2D eigenvalue weighted by atomic mass is 32.2. The quantitative estimate of drug-likeness (QED) is 0.686. The number of aromatic nitrogens is 2. The van der Waals surface area contributed by atoms with E-state index in [2.05, 4.69) is 11.6 Å². The molecule has 6 heteroatoms. The van der Waals surface area contributed by atoms with Crippen LogP contribution in [0, 0.1) is 4.77 Å². The van der Waals surface area contributed by atoms with Gasteiger partial charge in [0.1, 0.15) is 0 Å². The zero-order chi connectivity index (χ0) is 12.6. The van der Waals surface area contributed by atoms with Crippen LogP contribution in [0.4, 0.5) is 0 Å². The lowest BCUT2D eigenvalue weighted by Crippen LogP contribution is -1.98. The first kappa shape index (κ1) is 12.1. The molecular weight excluding hydrogens is 256 g/mol. The van der Waals surface area contributed by atoms with Crippen molar-refractivity contribution >= 4 is 33.1 Å². The van der Waals surface area contributed by atoms with Gasteiger partial charge >= 0.3 is 0 Å². The van der Waals surface area contributed by atoms with Gasteiger partial charge in [-0.25, -0.2) is 8.42 Å².